The molecular weight excluding hydrogens is 359 g/mol. The highest BCUT2D eigenvalue weighted by atomic mass is 19.1. The van der Waals surface area contributed by atoms with E-state index in [1.165, 1.54) is 12.1 Å². The number of hydrogen-bond acceptors (Lipinski definition) is 4. The summed E-state index contributed by atoms with van der Waals surface area (Å²) >= 11 is 0. The molecule has 2 aliphatic heterocycles. The minimum atomic E-state index is -0.283. The molecule has 1 amide bonds. The van der Waals surface area contributed by atoms with Crippen molar-refractivity contribution in [2.24, 2.45) is 18.9 Å². The summed E-state index contributed by atoms with van der Waals surface area (Å²) in [6.07, 6.45) is 1.78. The Labute approximate surface area is 161 Å². The maximum Gasteiger partial charge on any atom is 0.229 e. The number of fused-ring (bicyclic) bond motifs is 4. The van der Waals surface area contributed by atoms with E-state index in [2.05, 4.69) is 15.3 Å². The summed E-state index contributed by atoms with van der Waals surface area (Å²) in [5.74, 6) is 0.148. The van der Waals surface area contributed by atoms with Crippen molar-refractivity contribution in [2.75, 3.05) is 25.5 Å². The van der Waals surface area contributed by atoms with Crippen LogP contribution >= 0.6 is 0 Å². The molecular formula is C21H21FN4O2. The van der Waals surface area contributed by atoms with Gasteiger partial charge in [0.25, 0.3) is 0 Å². The van der Waals surface area contributed by atoms with Crippen LogP contribution in [0.1, 0.15) is 11.6 Å². The van der Waals surface area contributed by atoms with Crippen molar-refractivity contribution in [3.8, 4) is 5.75 Å². The van der Waals surface area contributed by atoms with E-state index in [-0.39, 0.29) is 29.6 Å². The number of nitrogens with zero attached hydrogens (tertiary/aromatic N) is 3. The van der Waals surface area contributed by atoms with Crippen LogP contribution in [0.25, 0.3) is 10.9 Å². The molecule has 2 aromatic carbocycles. The summed E-state index contributed by atoms with van der Waals surface area (Å²) in [6.45, 7) is 1.06. The van der Waals surface area contributed by atoms with Crippen molar-refractivity contribution in [3.05, 3.63) is 54.0 Å². The molecule has 6 nitrogen and oxygen atoms in total. The van der Waals surface area contributed by atoms with Crippen LogP contribution in [0.15, 0.2) is 42.6 Å². The Morgan fingerprint density at radius 3 is 2.96 bits per heavy atom. The van der Waals surface area contributed by atoms with Gasteiger partial charge in [-0.05, 0) is 43.4 Å². The predicted octanol–water partition coefficient (Wildman–Crippen LogP) is 2.96. The molecule has 0 radical (unpaired) electrons. The fraction of sp³-hybridized carbons (Fsp3) is 0.333. The number of benzene rings is 2. The van der Waals surface area contributed by atoms with Gasteiger partial charge in [-0.3, -0.25) is 14.4 Å². The largest absolute Gasteiger partial charge is 0.493 e. The number of amides is 1. The Kier molecular flexibility index (Phi) is 3.87. The summed E-state index contributed by atoms with van der Waals surface area (Å²) in [7, 11) is 3.87. The third kappa shape index (κ3) is 2.65. The molecule has 0 saturated carbocycles. The molecule has 0 bridgehead atoms. The highest BCUT2D eigenvalue weighted by Crippen LogP contribution is 2.47. The average molecular weight is 380 g/mol. The number of ether oxygens (including phenoxy) is 1. The molecule has 3 aromatic rings. The molecule has 5 rings (SSSR count). The van der Waals surface area contributed by atoms with Gasteiger partial charge in [-0.15, -0.1) is 0 Å². The number of nitrogens with one attached hydrogen (secondary N) is 1. The van der Waals surface area contributed by atoms with Gasteiger partial charge in [0, 0.05) is 42.2 Å². The standard InChI is InChI=1S/C21H21FN4O2/c1-25-10-16(17-11-28-19-6-3-13(22)8-15(19)20(17)25)21(27)24-14-4-5-18-12(7-14)9-23-26(18)2/h3-9,16-17,20H,10-11H2,1-2H3,(H,24,27)/t16-,17+,20+/m1/s1. The quantitative estimate of drug-likeness (QED) is 0.743. The van der Waals surface area contributed by atoms with Crippen LogP contribution in [0.2, 0.25) is 0 Å². The third-order valence-electron chi connectivity index (χ3n) is 5.95. The Balaban J connectivity index is 1.40. The van der Waals surface area contributed by atoms with E-state index in [0.29, 0.717) is 18.9 Å². The second kappa shape index (κ2) is 6.31. The molecule has 2 aliphatic rings. The molecule has 0 spiro atoms. The van der Waals surface area contributed by atoms with Gasteiger partial charge in [-0.1, -0.05) is 0 Å². The molecule has 28 heavy (non-hydrogen) atoms. The Bertz CT molecular complexity index is 1080. The van der Waals surface area contributed by atoms with Crippen LogP contribution in [-0.4, -0.2) is 40.8 Å². The van der Waals surface area contributed by atoms with Crippen molar-refractivity contribution in [3.63, 3.8) is 0 Å². The monoisotopic (exact) mass is 380 g/mol. The number of anilines is 1. The van der Waals surface area contributed by atoms with Crippen molar-refractivity contribution in [2.45, 2.75) is 6.04 Å². The van der Waals surface area contributed by atoms with Crippen LogP contribution in [0.3, 0.4) is 0 Å². The minimum absolute atomic E-state index is 0.0126. The van der Waals surface area contributed by atoms with E-state index in [9.17, 15) is 9.18 Å². The molecule has 3 atom stereocenters. The van der Waals surface area contributed by atoms with Crippen molar-refractivity contribution in [1.82, 2.24) is 14.7 Å². The lowest BCUT2D eigenvalue weighted by Crippen LogP contribution is -2.34. The number of aromatic nitrogens is 2. The van der Waals surface area contributed by atoms with Gasteiger partial charge in [0.15, 0.2) is 0 Å². The van der Waals surface area contributed by atoms with E-state index in [4.69, 9.17) is 4.74 Å². The van der Waals surface area contributed by atoms with Gasteiger partial charge in [-0.25, -0.2) is 4.39 Å². The van der Waals surface area contributed by atoms with Gasteiger partial charge in [0.05, 0.1) is 24.2 Å². The normalized spacial score (nSPS) is 23.9. The van der Waals surface area contributed by atoms with Gasteiger partial charge in [-0.2, -0.15) is 5.10 Å². The lowest BCUT2D eigenvalue weighted by molar-refractivity contribution is -0.121. The highest BCUT2D eigenvalue weighted by molar-refractivity contribution is 5.95. The molecule has 1 aromatic heterocycles. The van der Waals surface area contributed by atoms with Crippen LogP contribution < -0.4 is 10.1 Å². The molecule has 0 aliphatic carbocycles. The lowest BCUT2D eigenvalue weighted by atomic mass is 9.85. The van der Waals surface area contributed by atoms with Crippen LogP contribution in [0.4, 0.5) is 10.1 Å². The summed E-state index contributed by atoms with van der Waals surface area (Å²) in [6, 6.07) is 10.4. The molecule has 1 fully saturated rings. The molecule has 3 heterocycles. The van der Waals surface area contributed by atoms with Gasteiger partial charge in [0.1, 0.15) is 11.6 Å². The predicted molar refractivity (Wildman–Crippen MR) is 104 cm³/mol. The van der Waals surface area contributed by atoms with E-state index in [1.54, 1.807) is 16.9 Å². The second-order valence-corrected chi connectivity index (χ2v) is 7.68. The summed E-state index contributed by atoms with van der Waals surface area (Å²) in [5.41, 5.74) is 2.59. The number of rotatable bonds is 2. The van der Waals surface area contributed by atoms with Crippen LogP contribution in [0.5, 0.6) is 5.75 Å². The fourth-order valence-electron chi connectivity index (χ4n) is 4.60. The highest BCUT2D eigenvalue weighted by Gasteiger charge is 2.47. The maximum absolute atomic E-state index is 13.8. The van der Waals surface area contributed by atoms with E-state index in [1.807, 2.05) is 32.3 Å². The van der Waals surface area contributed by atoms with E-state index in [0.717, 1.165) is 22.2 Å². The number of hydrogen-bond donors (Lipinski definition) is 1. The zero-order valence-corrected chi connectivity index (χ0v) is 15.7. The van der Waals surface area contributed by atoms with Crippen LogP contribution in [-0.2, 0) is 11.8 Å². The third-order valence-corrected chi connectivity index (χ3v) is 5.95. The molecule has 7 heteroatoms. The Morgan fingerprint density at radius 2 is 2.11 bits per heavy atom. The number of likely N-dealkylation sites (tertiary alicyclic amines) is 1. The lowest BCUT2D eigenvalue weighted by Gasteiger charge is -2.33. The first-order valence-corrected chi connectivity index (χ1v) is 9.36. The summed E-state index contributed by atoms with van der Waals surface area (Å²) < 4.78 is 21.4. The Hall–Kier alpha value is -2.93. The Morgan fingerprint density at radius 1 is 1.25 bits per heavy atom. The van der Waals surface area contributed by atoms with Gasteiger partial charge in [0.2, 0.25) is 5.91 Å². The van der Waals surface area contributed by atoms with Crippen LogP contribution in [0, 0.1) is 17.7 Å². The van der Waals surface area contributed by atoms with Crippen molar-refractivity contribution < 1.29 is 13.9 Å². The summed E-state index contributed by atoms with van der Waals surface area (Å²) in [4.78, 5) is 15.2. The topological polar surface area (TPSA) is 59.4 Å². The number of aryl methyl sites for hydroxylation is 1. The fourth-order valence-corrected chi connectivity index (χ4v) is 4.60. The molecule has 1 N–H and O–H groups in total. The molecule has 0 unspecified atom stereocenters. The van der Waals surface area contributed by atoms with Crippen molar-refractivity contribution in [1.29, 1.82) is 0 Å². The smallest absolute Gasteiger partial charge is 0.229 e. The first-order valence-electron chi connectivity index (χ1n) is 9.36. The van der Waals surface area contributed by atoms with E-state index < -0.39 is 0 Å². The molecule has 1 saturated heterocycles. The van der Waals surface area contributed by atoms with E-state index >= 15 is 0 Å². The first kappa shape index (κ1) is 17.2. The van der Waals surface area contributed by atoms with Gasteiger partial charge >= 0.3 is 0 Å². The minimum Gasteiger partial charge on any atom is -0.493 e. The SMILES string of the molecule is CN1C[C@@H](C(=O)Nc2ccc3c(cnn3C)c2)[C@@H]2COc3ccc(F)cc3[C@@H]21. The maximum atomic E-state index is 13.8. The van der Waals surface area contributed by atoms with Crippen molar-refractivity contribution >= 4 is 22.5 Å². The first-order chi connectivity index (χ1) is 13.5. The average Bonchev–Trinajstić information content (AvgIpc) is 3.22. The second-order valence-electron chi connectivity index (χ2n) is 7.68. The zero-order valence-electron chi connectivity index (χ0n) is 15.7. The number of carbonyl (C=O) groups excluding carboxylic acids is 1. The summed E-state index contributed by atoms with van der Waals surface area (Å²) in [5, 5.41) is 8.26. The number of halogens is 1. The molecule has 144 valence electrons. The van der Waals surface area contributed by atoms with Gasteiger partial charge < -0.3 is 10.1 Å². The number of carbonyl (C=O) groups is 1. The zero-order chi connectivity index (χ0) is 19.4.